The third kappa shape index (κ3) is 3.43. The molecule has 1 aromatic heterocycles. The predicted molar refractivity (Wildman–Crippen MR) is 45.6 cm³/mol. The Kier molecular flexibility index (Phi) is 2.75. The summed E-state index contributed by atoms with van der Waals surface area (Å²) in [6.45, 7) is 7.26. The first kappa shape index (κ1) is 9.12. The largest absolute Gasteiger partial charge is 0.312 e. The molecule has 0 aliphatic heterocycles. The lowest BCUT2D eigenvalue weighted by Crippen LogP contribution is -2.37. The van der Waals surface area contributed by atoms with E-state index >= 15 is 0 Å². The first-order valence-electron chi connectivity index (χ1n) is 4.05. The lowest BCUT2D eigenvalue weighted by molar-refractivity contribution is 0.427. The number of nitrogens with zero attached hydrogens (tertiary/aromatic N) is 3. The molecule has 0 aromatic carbocycles. The van der Waals surface area contributed by atoms with Crippen molar-refractivity contribution in [3.8, 4) is 0 Å². The van der Waals surface area contributed by atoms with Crippen LogP contribution in [0.25, 0.3) is 0 Å². The van der Waals surface area contributed by atoms with Gasteiger partial charge in [0.15, 0.2) is 5.82 Å². The van der Waals surface area contributed by atoms with Gasteiger partial charge in [0.05, 0.1) is 0 Å². The smallest absolute Gasteiger partial charge is 0.175 e. The Labute approximate surface area is 71.9 Å². The number of H-pyrrole nitrogens is 1. The molecule has 0 fully saturated rings. The van der Waals surface area contributed by atoms with E-state index in [1.807, 2.05) is 0 Å². The maximum Gasteiger partial charge on any atom is 0.175 e. The minimum absolute atomic E-state index is 0.156. The standard InChI is InChI=1S/C7H15N5/c1-7(2,3)8-5-4-6-9-11-12-10-6/h8H,4-5H2,1-3H3,(H,9,10,11,12). The fraction of sp³-hybridized carbons (Fsp3) is 0.857. The molecule has 0 unspecified atom stereocenters. The molecule has 0 bridgehead atoms. The highest BCUT2D eigenvalue weighted by atomic mass is 15.5. The molecule has 5 heteroatoms. The van der Waals surface area contributed by atoms with E-state index in [0.717, 1.165) is 18.8 Å². The molecule has 2 N–H and O–H groups in total. The second-order valence-corrected chi connectivity index (χ2v) is 3.75. The molecule has 0 atom stereocenters. The Bertz CT molecular complexity index is 210. The quantitative estimate of drug-likeness (QED) is 0.675. The van der Waals surface area contributed by atoms with Crippen LogP contribution in [0.3, 0.4) is 0 Å². The highest BCUT2D eigenvalue weighted by molar-refractivity contribution is 4.79. The Morgan fingerprint density at radius 1 is 1.42 bits per heavy atom. The Hall–Kier alpha value is -0.970. The number of aromatic amines is 1. The van der Waals surface area contributed by atoms with Gasteiger partial charge in [-0.3, -0.25) is 0 Å². The van der Waals surface area contributed by atoms with Gasteiger partial charge in [-0.15, -0.1) is 10.2 Å². The highest BCUT2D eigenvalue weighted by Crippen LogP contribution is 1.97. The van der Waals surface area contributed by atoms with Gasteiger partial charge < -0.3 is 5.32 Å². The van der Waals surface area contributed by atoms with Gasteiger partial charge in [-0.05, 0) is 20.8 Å². The molecule has 1 aromatic rings. The molecular formula is C7H15N5. The van der Waals surface area contributed by atoms with Crippen molar-refractivity contribution in [3.63, 3.8) is 0 Å². The van der Waals surface area contributed by atoms with Gasteiger partial charge in [0, 0.05) is 18.5 Å². The number of hydrogen-bond donors (Lipinski definition) is 2. The lowest BCUT2D eigenvalue weighted by Gasteiger charge is -2.19. The normalized spacial score (nSPS) is 11.9. The highest BCUT2D eigenvalue weighted by Gasteiger charge is 2.08. The lowest BCUT2D eigenvalue weighted by atomic mass is 10.1. The SMILES string of the molecule is CC(C)(C)NCCc1nn[nH]n1. The van der Waals surface area contributed by atoms with Crippen LogP contribution in [0.5, 0.6) is 0 Å². The summed E-state index contributed by atoms with van der Waals surface area (Å²) < 4.78 is 0. The van der Waals surface area contributed by atoms with Crippen molar-refractivity contribution < 1.29 is 0 Å². The molecule has 0 radical (unpaired) electrons. The van der Waals surface area contributed by atoms with Gasteiger partial charge in [0.1, 0.15) is 0 Å². The Balaban J connectivity index is 2.20. The zero-order valence-corrected chi connectivity index (χ0v) is 7.76. The van der Waals surface area contributed by atoms with E-state index in [1.54, 1.807) is 0 Å². The molecule has 1 rings (SSSR count). The van der Waals surface area contributed by atoms with Crippen LogP contribution in [-0.4, -0.2) is 32.7 Å². The van der Waals surface area contributed by atoms with Crippen molar-refractivity contribution in [2.75, 3.05) is 6.54 Å². The molecule has 0 aliphatic rings. The molecule has 0 saturated heterocycles. The van der Waals surface area contributed by atoms with Crippen LogP contribution >= 0.6 is 0 Å². The number of tetrazole rings is 1. The molecule has 0 aliphatic carbocycles. The number of hydrogen-bond acceptors (Lipinski definition) is 4. The minimum Gasteiger partial charge on any atom is -0.312 e. The van der Waals surface area contributed by atoms with Crippen LogP contribution < -0.4 is 5.32 Å². The molecular weight excluding hydrogens is 154 g/mol. The number of rotatable bonds is 3. The van der Waals surface area contributed by atoms with E-state index in [1.165, 1.54) is 0 Å². The van der Waals surface area contributed by atoms with Crippen molar-refractivity contribution >= 4 is 0 Å². The maximum atomic E-state index is 3.85. The summed E-state index contributed by atoms with van der Waals surface area (Å²) >= 11 is 0. The van der Waals surface area contributed by atoms with Crippen molar-refractivity contribution in [3.05, 3.63) is 5.82 Å². The van der Waals surface area contributed by atoms with E-state index in [9.17, 15) is 0 Å². The van der Waals surface area contributed by atoms with E-state index in [2.05, 4.69) is 46.7 Å². The van der Waals surface area contributed by atoms with Gasteiger partial charge in [-0.1, -0.05) is 5.21 Å². The van der Waals surface area contributed by atoms with Crippen LogP contribution in [0.15, 0.2) is 0 Å². The first-order chi connectivity index (χ1) is 5.58. The average Bonchev–Trinajstić information content (AvgIpc) is 2.36. The average molecular weight is 169 g/mol. The summed E-state index contributed by atoms with van der Waals surface area (Å²) in [6, 6.07) is 0. The zero-order valence-electron chi connectivity index (χ0n) is 7.76. The molecule has 0 spiro atoms. The second kappa shape index (κ2) is 3.62. The van der Waals surface area contributed by atoms with Crippen molar-refractivity contribution in [2.24, 2.45) is 0 Å². The Morgan fingerprint density at radius 2 is 2.17 bits per heavy atom. The zero-order chi connectivity index (χ0) is 9.03. The first-order valence-corrected chi connectivity index (χ1v) is 4.05. The summed E-state index contributed by atoms with van der Waals surface area (Å²) in [5, 5.41) is 16.9. The molecule has 0 amide bonds. The maximum absolute atomic E-state index is 3.85. The minimum atomic E-state index is 0.156. The van der Waals surface area contributed by atoms with E-state index in [0.29, 0.717) is 0 Å². The summed E-state index contributed by atoms with van der Waals surface area (Å²) in [4.78, 5) is 0. The van der Waals surface area contributed by atoms with Crippen LogP contribution in [0.4, 0.5) is 0 Å². The number of aromatic nitrogens is 4. The fourth-order valence-corrected chi connectivity index (χ4v) is 0.838. The second-order valence-electron chi connectivity index (χ2n) is 3.75. The van der Waals surface area contributed by atoms with E-state index in [-0.39, 0.29) is 5.54 Å². The Morgan fingerprint density at radius 3 is 2.67 bits per heavy atom. The van der Waals surface area contributed by atoms with Gasteiger partial charge in [-0.2, -0.15) is 5.21 Å². The molecule has 12 heavy (non-hydrogen) atoms. The van der Waals surface area contributed by atoms with Crippen LogP contribution in [0.1, 0.15) is 26.6 Å². The summed E-state index contributed by atoms with van der Waals surface area (Å²) in [7, 11) is 0. The third-order valence-corrected chi connectivity index (χ3v) is 1.39. The van der Waals surface area contributed by atoms with Crippen molar-refractivity contribution in [1.82, 2.24) is 25.9 Å². The molecule has 68 valence electrons. The monoisotopic (exact) mass is 169 g/mol. The molecule has 5 nitrogen and oxygen atoms in total. The van der Waals surface area contributed by atoms with Gasteiger partial charge in [0.2, 0.25) is 0 Å². The van der Waals surface area contributed by atoms with Gasteiger partial charge in [-0.25, -0.2) is 0 Å². The van der Waals surface area contributed by atoms with Crippen molar-refractivity contribution in [1.29, 1.82) is 0 Å². The van der Waals surface area contributed by atoms with Crippen LogP contribution in [0, 0.1) is 0 Å². The predicted octanol–water partition coefficient (Wildman–Crippen LogP) is 0.130. The summed E-state index contributed by atoms with van der Waals surface area (Å²) in [5.41, 5.74) is 0.156. The summed E-state index contributed by atoms with van der Waals surface area (Å²) in [6.07, 6.45) is 0.813. The topological polar surface area (TPSA) is 66.5 Å². The van der Waals surface area contributed by atoms with Crippen LogP contribution in [0.2, 0.25) is 0 Å². The van der Waals surface area contributed by atoms with Gasteiger partial charge in [0.25, 0.3) is 0 Å². The fourth-order valence-electron chi connectivity index (χ4n) is 0.838. The third-order valence-electron chi connectivity index (χ3n) is 1.39. The van der Waals surface area contributed by atoms with Gasteiger partial charge >= 0.3 is 0 Å². The molecule has 1 heterocycles. The van der Waals surface area contributed by atoms with E-state index in [4.69, 9.17) is 0 Å². The van der Waals surface area contributed by atoms with Crippen LogP contribution in [-0.2, 0) is 6.42 Å². The van der Waals surface area contributed by atoms with Crippen molar-refractivity contribution in [2.45, 2.75) is 32.7 Å². The van der Waals surface area contributed by atoms with E-state index < -0.39 is 0 Å². The number of nitrogens with one attached hydrogen (secondary N) is 2. The summed E-state index contributed by atoms with van der Waals surface area (Å²) in [5.74, 6) is 0.756. The molecule has 0 saturated carbocycles.